The zero-order chi connectivity index (χ0) is 12.1. The SMILES string of the molecule is Cc1cccc(CN(C)CC(C)C(C)N)c1. The lowest BCUT2D eigenvalue weighted by atomic mass is 10.0. The van der Waals surface area contributed by atoms with Gasteiger partial charge in [0, 0.05) is 19.1 Å². The highest BCUT2D eigenvalue weighted by molar-refractivity contribution is 5.21. The lowest BCUT2D eigenvalue weighted by Gasteiger charge is -2.23. The molecule has 2 nitrogen and oxygen atoms in total. The van der Waals surface area contributed by atoms with Crippen molar-refractivity contribution in [2.45, 2.75) is 33.4 Å². The molecule has 1 aromatic carbocycles. The van der Waals surface area contributed by atoms with Crippen LogP contribution in [0.5, 0.6) is 0 Å². The first-order valence-corrected chi connectivity index (χ1v) is 5.98. The molecular weight excluding hydrogens is 196 g/mol. The van der Waals surface area contributed by atoms with Crippen molar-refractivity contribution in [3.05, 3.63) is 35.4 Å². The average molecular weight is 220 g/mol. The minimum Gasteiger partial charge on any atom is -0.328 e. The highest BCUT2D eigenvalue weighted by Gasteiger charge is 2.10. The van der Waals surface area contributed by atoms with E-state index in [-0.39, 0.29) is 6.04 Å². The first-order valence-electron chi connectivity index (χ1n) is 5.98. The Morgan fingerprint density at radius 3 is 2.56 bits per heavy atom. The van der Waals surface area contributed by atoms with Gasteiger partial charge in [-0.2, -0.15) is 0 Å². The van der Waals surface area contributed by atoms with Crippen LogP contribution in [0.4, 0.5) is 0 Å². The van der Waals surface area contributed by atoms with Gasteiger partial charge in [-0.25, -0.2) is 0 Å². The van der Waals surface area contributed by atoms with Crippen molar-refractivity contribution in [2.75, 3.05) is 13.6 Å². The van der Waals surface area contributed by atoms with E-state index in [2.05, 4.69) is 57.0 Å². The van der Waals surface area contributed by atoms with Crippen molar-refractivity contribution >= 4 is 0 Å². The van der Waals surface area contributed by atoms with Crippen molar-refractivity contribution in [1.82, 2.24) is 4.90 Å². The lowest BCUT2D eigenvalue weighted by molar-refractivity contribution is 0.262. The van der Waals surface area contributed by atoms with Crippen LogP contribution < -0.4 is 5.73 Å². The molecule has 0 saturated carbocycles. The van der Waals surface area contributed by atoms with Crippen molar-refractivity contribution in [3.8, 4) is 0 Å². The summed E-state index contributed by atoms with van der Waals surface area (Å²) in [7, 11) is 2.15. The smallest absolute Gasteiger partial charge is 0.0230 e. The molecule has 0 heterocycles. The Hall–Kier alpha value is -0.860. The molecule has 90 valence electrons. The predicted molar refractivity (Wildman–Crippen MR) is 70.3 cm³/mol. The third-order valence-electron chi connectivity index (χ3n) is 3.03. The van der Waals surface area contributed by atoms with Crippen LogP contribution in [0.15, 0.2) is 24.3 Å². The van der Waals surface area contributed by atoms with E-state index in [1.165, 1.54) is 11.1 Å². The molecule has 0 radical (unpaired) electrons. The molecular formula is C14H24N2. The fourth-order valence-corrected chi connectivity index (χ4v) is 1.84. The summed E-state index contributed by atoms with van der Waals surface area (Å²) in [5.41, 5.74) is 8.57. The minimum atomic E-state index is 0.264. The van der Waals surface area contributed by atoms with Gasteiger partial charge in [-0.1, -0.05) is 36.8 Å². The van der Waals surface area contributed by atoms with Crippen LogP contribution in [0, 0.1) is 12.8 Å². The molecule has 0 aliphatic carbocycles. The fraction of sp³-hybridized carbons (Fsp3) is 0.571. The van der Waals surface area contributed by atoms with Gasteiger partial charge in [0.15, 0.2) is 0 Å². The molecule has 2 heteroatoms. The zero-order valence-corrected chi connectivity index (χ0v) is 10.9. The topological polar surface area (TPSA) is 29.3 Å². The minimum absolute atomic E-state index is 0.264. The molecule has 0 aromatic heterocycles. The normalized spacial score (nSPS) is 15.1. The van der Waals surface area contributed by atoms with Gasteiger partial charge in [0.2, 0.25) is 0 Å². The Kier molecular flexibility index (Phi) is 4.97. The lowest BCUT2D eigenvalue weighted by Crippen LogP contribution is -2.34. The number of aryl methyl sites for hydroxylation is 1. The summed E-state index contributed by atoms with van der Waals surface area (Å²) < 4.78 is 0. The van der Waals surface area contributed by atoms with Crippen molar-refractivity contribution < 1.29 is 0 Å². The molecule has 2 N–H and O–H groups in total. The summed E-state index contributed by atoms with van der Waals surface area (Å²) in [6, 6.07) is 8.94. The van der Waals surface area contributed by atoms with Gasteiger partial charge in [-0.15, -0.1) is 0 Å². The van der Waals surface area contributed by atoms with E-state index in [9.17, 15) is 0 Å². The molecule has 16 heavy (non-hydrogen) atoms. The van der Waals surface area contributed by atoms with E-state index in [1.54, 1.807) is 0 Å². The predicted octanol–water partition coefficient (Wildman–Crippen LogP) is 2.41. The Labute approximate surface area is 99.5 Å². The van der Waals surface area contributed by atoms with Gasteiger partial charge < -0.3 is 10.6 Å². The molecule has 0 fully saturated rings. The second kappa shape index (κ2) is 6.02. The first-order chi connectivity index (χ1) is 7.49. The van der Waals surface area contributed by atoms with E-state index in [1.807, 2.05) is 0 Å². The molecule has 0 saturated heterocycles. The highest BCUT2D eigenvalue weighted by Crippen LogP contribution is 2.09. The molecule has 0 spiro atoms. The van der Waals surface area contributed by atoms with Crippen molar-refractivity contribution in [2.24, 2.45) is 11.7 Å². The average Bonchev–Trinajstić information content (AvgIpc) is 2.16. The molecule has 2 unspecified atom stereocenters. The van der Waals surface area contributed by atoms with Gasteiger partial charge in [0.25, 0.3) is 0 Å². The van der Waals surface area contributed by atoms with Crippen molar-refractivity contribution in [3.63, 3.8) is 0 Å². The Balaban J connectivity index is 2.48. The van der Waals surface area contributed by atoms with E-state index in [4.69, 9.17) is 5.73 Å². The zero-order valence-electron chi connectivity index (χ0n) is 10.9. The van der Waals surface area contributed by atoms with Crippen LogP contribution in [0.2, 0.25) is 0 Å². The fourth-order valence-electron chi connectivity index (χ4n) is 1.84. The number of rotatable bonds is 5. The summed E-state index contributed by atoms with van der Waals surface area (Å²) in [6.45, 7) is 8.46. The number of nitrogens with two attached hydrogens (primary N) is 1. The summed E-state index contributed by atoms with van der Waals surface area (Å²) in [5.74, 6) is 0.537. The van der Waals surface area contributed by atoms with Crippen LogP contribution in [0.25, 0.3) is 0 Å². The van der Waals surface area contributed by atoms with Crippen molar-refractivity contribution in [1.29, 1.82) is 0 Å². The van der Waals surface area contributed by atoms with Crippen LogP contribution in [0.1, 0.15) is 25.0 Å². The maximum absolute atomic E-state index is 5.88. The van der Waals surface area contributed by atoms with Crippen LogP contribution in [-0.4, -0.2) is 24.5 Å². The molecule has 0 aliphatic heterocycles. The first kappa shape index (κ1) is 13.2. The quantitative estimate of drug-likeness (QED) is 0.825. The molecule has 1 aromatic rings. The maximum atomic E-state index is 5.88. The third kappa shape index (κ3) is 4.33. The number of benzene rings is 1. The molecule has 2 atom stereocenters. The van der Waals surface area contributed by atoms with Crippen LogP contribution in [0.3, 0.4) is 0 Å². The Morgan fingerprint density at radius 1 is 1.31 bits per heavy atom. The van der Waals surface area contributed by atoms with E-state index < -0.39 is 0 Å². The van der Waals surface area contributed by atoms with Gasteiger partial charge >= 0.3 is 0 Å². The summed E-state index contributed by atoms with van der Waals surface area (Å²) in [6.07, 6.45) is 0. The number of hydrogen-bond acceptors (Lipinski definition) is 2. The Bertz CT molecular complexity index is 320. The summed E-state index contributed by atoms with van der Waals surface area (Å²) in [4.78, 5) is 2.34. The number of nitrogens with zero attached hydrogens (tertiary/aromatic N) is 1. The molecule has 0 aliphatic rings. The number of hydrogen-bond donors (Lipinski definition) is 1. The summed E-state index contributed by atoms with van der Waals surface area (Å²) in [5, 5.41) is 0. The van der Waals surface area contributed by atoms with Gasteiger partial charge in [0.1, 0.15) is 0 Å². The van der Waals surface area contributed by atoms with Gasteiger partial charge in [-0.05, 0) is 32.4 Å². The second-order valence-electron chi connectivity index (χ2n) is 5.02. The monoisotopic (exact) mass is 220 g/mol. The maximum Gasteiger partial charge on any atom is 0.0230 e. The van der Waals surface area contributed by atoms with E-state index in [0.29, 0.717) is 5.92 Å². The summed E-state index contributed by atoms with van der Waals surface area (Å²) >= 11 is 0. The largest absolute Gasteiger partial charge is 0.328 e. The second-order valence-corrected chi connectivity index (χ2v) is 5.02. The van der Waals surface area contributed by atoms with E-state index in [0.717, 1.165) is 13.1 Å². The van der Waals surface area contributed by atoms with E-state index >= 15 is 0 Å². The highest BCUT2D eigenvalue weighted by atomic mass is 15.1. The molecule has 1 rings (SSSR count). The van der Waals surface area contributed by atoms with Gasteiger partial charge in [0.05, 0.1) is 0 Å². The van der Waals surface area contributed by atoms with Gasteiger partial charge in [-0.3, -0.25) is 0 Å². The standard InChI is InChI=1S/C14H24N2/c1-11-6-5-7-14(8-11)10-16(4)9-12(2)13(3)15/h5-8,12-13H,9-10,15H2,1-4H3. The molecule has 0 amide bonds. The van der Waals surface area contributed by atoms with Crippen LogP contribution >= 0.6 is 0 Å². The molecule has 0 bridgehead atoms. The Morgan fingerprint density at radius 2 is 2.00 bits per heavy atom. The third-order valence-corrected chi connectivity index (χ3v) is 3.03. The van der Waals surface area contributed by atoms with Crippen LogP contribution in [-0.2, 0) is 6.54 Å².